The van der Waals surface area contributed by atoms with Crippen LogP contribution in [-0.2, 0) is 11.3 Å². The molecule has 8 heteroatoms. The first-order valence-corrected chi connectivity index (χ1v) is 7.31. The molecule has 0 aliphatic rings. The van der Waals surface area contributed by atoms with Crippen LogP contribution < -0.4 is 16.8 Å². The van der Waals surface area contributed by atoms with E-state index in [1.54, 1.807) is 6.33 Å². The van der Waals surface area contributed by atoms with Gasteiger partial charge >= 0.3 is 0 Å². The van der Waals surface area contributed by atoms with Crippen molar-refractivity contribution in [2.45, 2.75) is 6.54 Å². The summed E-state index contributed by atoms with van der Waals surface area (Å²) in [6.45, 7) is 2.18. The molecule has 0 atom stereocenters. The highest BCUT2D eigenvalue weighted by Gasteiger charge is 2.11. The zero-order chi connectivity index (χ0) is 16.2. The van der Waals surface area contributed by atoms with Crippen molar-refractivity contribution in [3.8, 4) is 0 Å². The zero-order valence-corrected chi connectivity index (χ0v) is 12.6. The molecule has 0 fully saturated rings. The summed E-state index contributed by atoms with van der Waals surface area (Å²) in [5.74, 6) is 0.382. The lowest BCUT2D eigenvalue weighted by Gasteiger charge is -2.09. The molecule has 0 amide bonds. The van der Waals surface area contributed by atoms with Gasteiger partial charge in [0.25, 0.3) is 0 Å². The van der Waals surface area contributed by atoms with Crippen molar-refractivity contribution in [2.75, 3.05) is 25.5 Å². The molecular weight excluding hydrogens is 294 g/mol. The van der Waals surface area contributed by atoms with Crippen LogP contribution in [-0.4, -0.2) is 40.3 Å². The molecule has 3 aromatic rings. The number of anilines is 1. The number of aromatic nitrogens is 3. The van der Waals surface area contributed by atoms with Gasteiger partial charge in [0.2, 0.25) is 0 Å². The lowest BCUT2D eigenvalue weighted by molar-refractivity contribution is 0.131. The molecule has 2 aromatic heterocycles. The molecule has 1 aromatic carbocycles. The number of rotatable bonds is 6. The molecule has 2 heterocycles. The van der Waals surface area contributed by atoms with Gasteiger partial charge in [-0.25, -0.2) is 9.97 Å². The minimum Gasteiger partial charge on any atom is -0.382 e. The number of nitrogens with one attached hydrogen (secondary N) is 2. The van der Waals surface area contributed by atoms with Gasteiger partial charge in [-0.15, -0.1) is 0 Å². The molecule has 3 rings (SSSR count). The van der Waals surface area contributed by atoms with Crippen LogP contribution >= 0.6 is 0 Å². The third kappa shape index (κ3) is 3.16. The Bertz CT molecular complexity index is 842. The first-order chi connectivity index (χ1) is 11.2. The molecule has 6 N–H and O–H groups in total. The van der Waals surface area contributed by atoms with Crippen LogP contribution in [0.2, 0.25) is 0 Å². The highest BCUT2D eigenvalue weighted by Crippen LogP contribution is 2.26. The molecule has 0 saturated heterocycles. The first kappa shape index (κ1) is 15.0. The van der Waals surface area contributed by atoms with Crippen LogP contribution in [0.1, 0.15) is 0 Å². The topological polar surface area (TPSA) is 128 Å². The van der Waals surface area contributed by atoms with Gasteiger partial charge in [-0.1, -0.05) is 18.2 Å². The molecule has 0 spiro atoms. The standard InChI is InChI=1S/C15H19N7O/c16-14-12-13(10-3-1-2-4-11(10)21-14)22(9-20-12)6-8-23-7-5-19-15(17)18/h1-4,9H,5-8H2,(H2,16,21)(H4,17,18,19). The van der Waals surface area contributed by atoms with E-state index >= 15 is 0 Å². The Morgan fingerprint density at radius 1 is 1.30 bits per heavy atom. The number of fused-ring (bicyclic) bond motifs is 3. The van der Waals surface area contributed by atoms with Gasteiger partial charge < -0.3 is 26.1 Å². The normalized spacial score (nSPS) is 11.1. The summed E-state index contributed by atoms with van der Waals surface area (Å²) in [4.78, 5) is 8.75. The van der Waals surface area contributed by atoms with Gasteiger partial charge in [0.1, 0.15) is 5.52 Å². The Morgan fingerprint density at radius 2 is 2.13 bits per heavy atom. The van der Waals surface area contributed by atoms with Crippen LogP contribution in [0.15, 0.2) is 30.6 Å². The molecule has 23 heavy (non-hydrogen) atoms. The maximum Gasteiger partial charge on any atom is 0.185 e. The van der Waals surface area contributed by atoms with Crippen LogP contribution in [0.3, 0.4) is 0 Å². The summed E-state index contributed by atoms with van der Waals surface area (Å²) in [5.41, 5.74) is 13.7. The number of nitrogens with zero attached hydrogens (tertiary/aromatic N) is 3. The predicted octanol–water partition coefficient (Wildman–Crippen LogP) is 0.666. The second-order valence-corrected chi connectivity index (χ2v) is 5.10. The molecular formula is C15H19N7O. The van der Waals surface area contributed by atoms with Crippen LogP contribution in [0.4, 0.5) is 5.82 Å². The average Bonchev–Trinajstić information content (AvgIpc) is 2.95. The Labute approximate surface area is 133 Å². The SMILES string of the molecule is N=C(N)NCCOCCn1cnc2c(N)nc3ccccc3c21. The molecule has 0 saturated carbocycles. The van der Waals surface area contributed by atoms with Crippen molar-refractivity contribution >= 4 is 33.7 Å². The maximum atomic E-state index is 7.06. The van der Waals surface area contributed by atoms with E-state index in [-0.39, 0.29) is 5.96 Å². The second-order valence-electron chi connectivity index (χ2n) is 5.10. The molecule has 120 valence electrons. The van der Waals surface area contributed by atoms with E-state index in [0.717, 1.165) is 16.4 Å². The van der Waals surface area contributed by atoms with Crippen molar-refractivity contribution in [2.24, 2.45) is 5.73 Å². The number of guanidine groups is 1. The number of pyridine rings is 1. The average molecular weight is 313 g/mol. The summed E-state index contributed by atoms with van der Waals surface area (Å²) in [6, 6.07) is 7.86. The molecule has 0 unspecified atom stereocenters. The van der Waals surface area contributed by atoms with E-state index in [4.69, 9.17) is 21.6 Å². The fourth-order valence-corrected chi connectivity index (χ4v) is 2.50. The fraction of sp³-hybridized carbons (Fsp3) is 0.267. The van der Waals surface area contributed by atoms with Gasteiger partial charge in [0.15, 0.2) is 11.8 Å². The summed E-state index contributed by atoms with van der Waals surface area (Å²) in [6.07, 6.45) is 1.76. The minimum atomic E-state index is -0.0522. The van der Waals surface area contributed by atoms with Crippen LogP contribution in [0, 0.1) is 5.41 Å². The minimum absolute atomic E-state index is 0.0522. The molecule has 8 nitrogen and oxygen atoms in total. The Morgan fingerprint density at radius 3 is 2.96 bits per heavy atom. The quantitative estimate of drug-likeness (QED) is 0.301. The van der Waals surface area contributed by atoms with Gasteiger partial charge in [-0.05, 0) is 6.07 Å². The van der Waals surface area contributed by atoms with Gasteiger partial charge in [-0.2, -0.15) is 0 Å². The number of nitrogen functional groups attached to an aromatic ring is 1. The number of imidazole rings is 1. The van der Waals surface area contributed by atoms with E-state index in [1.165, 1.54) is 0 Å². The van der Waals surface area contributed by atoms with Crippen molar-refractivity contribution in [3.05, 3.63) is 30.6 Å². The van der Waals surface area contributed by atoms with Crippen molar-refractivity contribution in [3.63, 3.8) is 0 Å². The molecule has 0 aliphatic carbocycles. The smallest absolute Gasteiger partial charge is 0.185 e. The zero-order valence-electron chi connectivity index (χ0n) is 12.6. The van der Waals surface area contributed by atoms with E-state index in [2.05, 4.69) is 15.3 Å². The Balaban J connectivity index is 1.75. The first-order valence-electron chi connectivity index (χ1n) is 7.31. The fourth-order valence-electron chi connectivity index (χ4n) is 2.50. The number of hydrogen-bond acceptors (Lipinski definition) is 5. The summed E-state index contributed by atoms with van der Waals surface area (Å²) in [5, 5.41) is 10.8. The van der Waals surface area contributed by atoms with Crippen molar-refractivity contribution < 1.29 is 4.74 Å². The lowest BCUT2D eigenvalue weighted by atomic mass is 10.2. The van der Waals surface area contributed by atoms with Crippen LogP contribution in [0.5, 0.6) is 0 Å². The third-order valence-electron chi connectivity index (χ3n) is 3.52. The molecule has 0 bridgehead atoms. The number of ether oxygens (including phenoxy) is 1. The largest absolute Gasteiger partial charge is 0.382 e. The lowest BCUT2D eigenvalue weighted by Crippen LogP contribution is -2.33. The van der Waals surface area contributed by atoms with E-state index < -0.39 is 0 Å². The monoisotopic (exact) mass is 313 g/mol. The second kappa shape index (κ2) is 6.49. The third-order valence-corrected chi connectivity index (χ3v) is 3.52. The van der Waals surface area contributed by atoms with E-state index in [0.29, 0.717) is 37.6 Å². The van der Waals surface area contributed by atoms with Crippen LogP contribution in [0.25, 0.3) is 21.9 Å². The van der Waals surface area contributed by atoms with Gasteiger partial charge in [0, 0.05) is 18.5 Å². The van der Waals surface area contributed by atoms with Gasteiger partial charge in [-0.3, -0.25) is 5.41 Å². The molecule has 0 aliphatic heterocycles. The number of hydrogen-bond donors (Lipinski definition) is 4. The van der Waals surface area contributed by atoms with E-state index in [9.17, 15) is 0 Å². The maximum absolute atomic E-state index is 7.06. The highest BCUT2D eigenvalue weighted by atomic mass is 16.5. The number of para-hydroxylation sites is 1. The van der Waals surface area contributed by atoms with E-state index in [1.807, 2.05) is 28.8 Å². The molecule has 0 radical (unpaired) electrons. The van der Waals surface area contributed by atoms with Crippen molar-refractivity contribution in [1.82, 2.24) is 19.9 Å². The summed E-state index contributed by atoms with van der Waals surface area (Å²) >= 11 is 0. The van der Waals surface area contributed by atoms with Crippen molar-refractivity contribution in [1.29, 1.82) is 5.41 Å². The summed E-state index contributed by atoms with van der Waals surface area (Å²) in [7, 11) is 0. The number of benzene rings is 1. The Kier molecular flexibility index (Phi) is 4.24. The Hall–Kier alpha value is -2.87. The number of nitrogens with two attached hydrogens (primary N) is 2. The summed E-state index contributed by atoms with van der Waals surface area (Å²) < 4.78 is 7.56. The van der Waals surface area contributed by atoms with Gasteiger partial charge in [0.05, 0.1) is 30.6 Å². The predicted molar refractivity (Wildman–Crippen MR) is 90.2 cm³/mol. The highest BCUT2D eigenvalue weighted by molar-refractivity contribution is 6.06.